The minimum absolute atomic E-state index is 0.286. The van der Waals surface area contributed by atoms with Crippen LogP contribution in [0.5, 0.6) is 0 Å². The number of Topliss-reactive ketones (excluding diaryl/α,β-unsaturated/α-hetero) is 1. The average molecular weight is 289 g/mol. The van der Waals surface area contributed by atoms with Crippen LogP contribution in [0.25, 0.3) is 0 Å². The van der Waals surface area contributed by atoms with Crippen molar-refractivity contribution in [2.45, 2.75) is 71.8 Å². The van der Waals surface area contributed by atoms with Crippen LogP contribution in [0.4, 0.5) is 5.69 Å². The van der Waals surface area contributed by atoms with Gasteiger partial charge in [-0.15, -0.1) is 0 Å². The summed E-state index contributed by atoms with van der Waals surface area (Å²) in [4.78, 5) is 12.9. The maximum absolute atomic E-state index is 12.9. The summed E-state index contributed by atoms with van der Waals surface area (Å²) >= 11 is 0. The molecule has 0 aliphatic heterocycles. The summed E-state index contributed by atoms with van der Waals surface area (Å²) in [5, 5.41) is 3.59. The van der Waals surface area contributed by atoms with E-state index in [-0.39, 0.29) is 5.92 Å². The van der Waals surface area contributed by atoms with Crippen molar-refractivity contribution in [1.29, 1.82) is 0 Å². The van der Waals surface area contributed by atoms with E-state index in [0.717, 1.165) is 37.8 Å². The summed E-state index contributed by atoms with van der Waals surface area (Å²) in [6, 6.07) is 10.1. The molecule has 0 fully saturated rings. The molecule has 1 atom stereocenters. The van der Waals surface area contributed by atoms with Crippen LogP contribution in [0.2, 0.25) is 0 Å². The molecule has 0 spiro atoms. The number of anilines is 1. The first kappa shape index (κ1) is 17.7. The van der Waals surface area contributed by atoms with E-state index in [1.54, 1.807) is 0 Å². The normalized spacial score (nSPS) is 14.0. The van der Waals surface area contributed by atoms with Gasteiger partial charge in [0.05, 0.1) is 5.54 Å². The minimum Gasteiger partial charge on any atom is -0.373 e. The first-order valence-electron chi connectivity index (χ1n) is 8.43. The predicted octanol–water partition coefficient (Wildman–Crippen LogP) is 5.44. The number of hydrogen-bond acceptors (Lipinski definition) is 2. The second-order valence-corrected chi connectivity index (χ2v) is 6.25. The Hall–Kier alpha value is -1.31. The highest BCUT2D eigenvalue weighted by Gasteiger charge is 2.39. The van der Waals surface area contributed by atoms with Gasteiger partial charge in [0.25, 0.3) is 0 Å². The van der Waals surface area contributed by atoms with Crippen LogP contribution in [-0.4, -0.2) is 11.3 Å². The smallest absolute Gasteiger partial charge is 0.158 e. The van der Waals surface area contributed by atoms with Crippen molar-refractivity contribution in [1.82, 2.24) is 0 Å². The molecule has 1 N–H and O–H groups in total. The molecule has 0 radical (unpaired) electrons. The van der Waals surface area contributed by atoms with Gasteiger partial charge in [0, 0.05) is 12.1 Å². The highest BCUT2D eigenvalue weighted by molar-refractivity contribution is 5.91. The SMILES string of the molecule is CCCCC(=O)C(CCCC)(Nc1ccccc1)C(C)C. The Bertz CT molecular complexity index is 413. The van der Waals surface area contributed by atoms with E-state index < -0.39 is 5.54 Å². The van der Waals surface area contributed by atoms with Crippen molar-refractivity contribution in [3.63, 3.8) is 0 Å². The van der Waals surface area contributed by atoms with Gasteiger partial charge >= 0.3 is 0 Å². The first-order valence-corrected chi connectivity index (χ1v) is 8.43. The van der Waals surface area contributed by atoms with Crippen LogP contribution in [-0.2, 0) is 4.79 Å². The van der Waals surface area contributed by atoms with Crippen LogP contribution in [0.3, 0.4) is 0 Å². The highest BCUT2D eigenvalue weighted by atomic mass is 16.1. The topological polar surface area (TPSA) is 29.1 Å². The molecule has 1 aromatic carbocycles. The van der Waals surface area contributed by atoms with E-state index in [9.17, 15) is 4.79 Å². The molecule has 0 heterocycles. The third-order valence-electron chi connectivity index (χ3n) is 4.31. The molecule has 0 saturated carbocycles. The maximum atomic E-state index is 12.9. The lowest BCUT2D eigenvalue weighted by Gasteiger charge is -2.38. The molecule has 0 amide bonds. The van der Waals surface area contributed by atoms with Gasteiger partial charge in [0.1, 0.15) is 0 Å². The summed E-state index contributed by atoms with van der Waals surface area (Å²) in [6.07, 6.45) is 5.84. The summed E-state index contributed by atoms with van der Waals surface area (Å²) in [7, 11) is 0. The molecule has 0 aliphatic rings. The van der Waals surface area contributed by atoms with E-state index >= 15 is 0 Å². The molecule has 2 nitrogen and oxygen atoms in total. The van der Waals surface area contributed by atoms with Crippen LogP contribution in [0, 0.1) is 5.92 Å². The number of para-hydroxylation sites is 1. The Balaban J connectivity index is 3.02. The largest absolute Gasteiger partial charge is 0.373 e. The van der Waals surface area contributed by atoms with Gasteiger partial charge in [0.2, 0.25) is 0 Å². The molecule has 0 saturated heterocycles. The van der Waals surface area contributed by atoms with E-state index in [4.69, 9.17) is 0 Å². The summed E-state index contributed by atoms with van der Waals surface area (Å²) in [5.74, 6) is 0.658. The fraction of sp³-hybridized carbons (Fsp3) is 0.632. The minimum atomic E-state index is -0.424. The Morgan fingerprint density at radius 1 is 1.10 bits per heavy atom. The molecule has 2 heteroatoms. The lowest BCUT2D eigenvalue weighted by Crippen LogP contribution is -2.51. The van der Waals surface area contributed by atoms with Gasteiger partial charge in [-0.05, 0) is 30.9 Å². The number of hydrogen-bond donors (Lipinski definition) is 1. The van der Waals surface area contributed by atoms with E-state index in [2.05, 4.69) is 45.1 Å². The maximum Gasteiger partial charge on any atom is 0.158 e. The van der Waals surface area contributed by atoms with Gasteiger partial charge in [-0.3, -0.25) is 4.79 Å². The first-order chi connectivity index (χ1) is 10.1. The second kappa shape index (κ2) is 8.86. The molecule has 0 aliphatic carbocycles. The standard InChI is InChI=1S/C19H31NO/c1-5-7-14-18(21)19(16(3)4,15-8-6-2)20-17-12-10-9-11-13-17/h9-13,16,20H,5-8,14-15H2,1-4H3. The molecule has 21 heavy (non-hydrogen) atoms. The number of ketones is 1. The fourth-order valence-corrected chi connectivity index (χ4v) is 2.82. The van der Waals surface area contributed by atoms with E-state index in [1.807, 2.05) is 18.2 Å². The van der Waals surface area contributed by atoms with Crippen LogP contribution < -0.4 is 5.32 Å². The molecule has 118 valence electrons. The molecular formula is C19H31NO. The van der Waals surface area contributed by atoms with Crippen molar-refractivity contribution in [3.05, 3.63) is 30.3 Å². The summed E-state index contributed by atoms with van der Waals surface area (Å²) in [5.41, 5.74) is 0.624. The zero-order chi connectivity index (χ0) is 15.7. The average Bonchev–Trinajstić information content (AvgIpc) is 2.49. The highest BCUT2D eigenvalue weighted by Crippen LogP contribution is 2.31. The molecule has 1 aromatic rings. The van der Waals surface area contributed by atoms with Gasteiger partial charge in [0.15, 0.2) is 5.78 Å². The molecule has 0 bridgehead atoms. The van der Waals surface area contributed by atoms with Crippen molar-refractivity contribution in [3.8, 4) is 0 Å². The number of benzene rings is 1. The zero-order valence-corrected chi connectivity index (χ0v) is 14.1. The van der Waals surface area contributed by atoms with Crippen LogP contribution >= 0.6 is 0 Å². The predicted molar refractivity (Wildman–Crippen MR) is 91.7 cm³/mol. The summed E-state index contributed by atoms with van der Waals surface area (Å²) < 4.78 is 0. The Labute approximate surface area is 130 Å². The van der Waals surface area contributed by atoms with Crippen LogP contribution in [0.1, 0.15) is 66.2 Å². The lowest BCUT2D eigenvalue weighted by molar-refractivity contribution is -0.125. The number of unbranched alkanes of at least 4 members (excludes halogenated alkanes) is 2. The quantitative estimate of drug-likeness (QED) is 0.621. The zero-order valence-electron chi connectivity index (χ0n) is 14.1. The molecule has 0 aromatic heterocycles. The monoisotopic (exact) mass is 289 g/mol. The Kier molecular flexibility index (Phi) is 7.49. The summed E-state index contributed by atoms with van der Waals surface area (Å²) in [6.45, 7) is 8.65. The molecule has 1 rings (SSSR count). The molecule has 1 unspecified atom stereocenters. The van der Waals surface area contributed by atoms with E-state index in [0.29, 0.717) is 12.2 Å². The molecular weight excluding hydrogens is 258 g/mol. The van der Waals surface area contributed by atoms with Crippen molar-refractivity contribution < 1.29 is 4.79 Å². The third-order valence-corrected chi connectivity index (χ3v) is 4.31. The Morgan fingerprint density at radius 2 is 1.71 bits per heavy atom. The third kappa shape index (κ3) is 4.87. The van der Waals surface area contributed by atoms with E-state index in [1.165, 1.54) is 0 Å². The van der Waals surface area contributed by atoms with Crippen molar-refractivity contribution in [2.24, 2.45) is 5.92 Å². The van der Waals surface area contributed by atoms with Gasteiger partial charge < -0.3 is 5.32 Å². The number of carbonyl (C=O) groups excluding carboxylic acids is 1. The van der Waals surface area contributed by atoms with Gasteiger partial charge in [-0.2, -0.15) is 0 Å². The number of carbonyl (C=O) groups is 1. The number of rotatable bonds is 10. The van der Waals surface area contributed by atoms with Gasteiger partial charge in [-0.1, -0.05) is 65.2 Å². The second-order valence-electron chi connectivity index (χ2n) is 6.25. The lowest BCUT2D eigenvalue weighted by atomic mass is 9.76. The Morgan fingerprint density at radius 3 is 2.24 bits per heavy atom. The van der Waals surface area contributed by atoms with Gasteiger partial charge in [-0.25, -0.2) is 0 Å². The number of nitrogens with one attached hydrogen (secondary N) is 1. The van der Waals surface area contributed by atoms with Crippen molar-refractivity contribution in [2.75, 3.05) is 5.32 Å². The van der Waals surface area contributed by atoms with Crippen LogP contribution in [0.15, 0.2) is 30.3 Å². The fourth-order valence-electron chi connectivity index (χ4n) is 2.82. The van der Waals surface area contributed by atoms with Crippen molar-refractivity contribution >= 4 is 11.5 Å².